The fourth-order valence-corrected chi connectivity index (χ4v) is 1.52. The van der Waals surface area contributed by atoms with Crippen LogP contribution in [-0.2, 0) is 4.79 Å². The van der Waals surface area contributed by atoms with E-state index in [1.807, 2.05) is 5.38 Å². The second-order valence-electron chi connectivity index (χ2n) is 2.43. The fourth-order valence-electron chi connectivity index (χ4n) is 0.781. The van der Waals surface area contributed by atoms with Gasteiger partial charge in [-0.1, -0.05) is 11.8 Å². The van der Waals surface area contributed by atoms with Crippen molar-refractivity contribution in [3.05, 3.63) is 21.9 Å². The molecular weight excluding hydrogens is 184 g/mol. The highest BCUT2D eigenvalue weighted by Gasteiger charge is 2.01. The van der Waals surface area contributed by atoms with Gasteiger partial charge >= 0.3 is 0 Å². The van der Waals surface area contributed by atoms with Crippen molar-refractivity contribution in [1.29, 1.82) is 0 Å². The number of Topliss-reactive ketones (excluding diaryl/α,β-unsaturated/α-hetero) is 1. The second-order valence-corrected chi connectivity index (χ2v) is 3.34. The van der Waals surface area contributed by atoms with Crippen molar-refractivity contribution < 1.29 is 9.59 Å². The number of thiophene rings is 1. The van der Waals surface area contributed by atoms with Gasteiger partial charge < -0.3 is 4.79 Å². The van der Waals surface area contributed by atoms with E-state index in [9.17, 15) is 9.59 Å². The first-order chi connectivity index (χ1) is 6.24. The predicted molar refractivity (Wildman–Crippen MR) is 51.9 cm³/mol. The van der Waals surface area contributed by atoms with Crippen LogP contribution in [0.15, 0.2) is 11.4 Å². The molecule has 0 saturated heterocycles. The van der Waals surface area contributed by atoms with Crippen molar-refractivity contribution in [1.82, 2.24) is 0 Å². The number of hydrogen-bond donors (Lipinski definition) is 0. The van der Waals surface area contributed by atoms with Gasteiger partial charge in [0.15, 0.2) is 5.78 Å². The largest absolute Gasteiger partial charge is 0.302 e. The van der Waals surface area contributed by atoms with Crippen LogP contribution in [0, 0.1) is 11.8 Å². The van der Waals surface area contributed by atoms with Crippen LogP contribution >= 0.6 is 11.3 Å². The van der Waals surface area contributed by atoms with Crippen LogP contribution in [-0.4, -0.2) is 12.1 Å². The van der Waals surface area contributed by atoms with Crippen LogP contribution in [0.5, 0.6) is 0 Å². The molecule has 0 N–H and O–H groups in total. The van der Waals surface area contributed by atoms with E-state index in [1.165, 1.54) is 18.3 Å². The Bertz CT molecular complexity index is 379. The molecule has 1 heterocycles. The van der Waals surface area contributed by atoms with E-state index in [1.54, 1.807) is 6.07 Å². The van der Waals surface area contributed by atoms with Gasteiger partial charge in [-0.3, -0.25) is 4.79 Å². The highest BCUT2D eigenvalue weighted by atomic mass is 32.1. The Morgan fingerprint density at radius 2 is 2.46 bits per heavy atom. The normalized spacial score (nSPS) is 8.69. The molecule has 0 aliphatic rings. The van der Waals surface area contributed by atoms with E-state index in [2.05, 4.69) is 11.8 Å². The molecule has 1 aromatic heterocycles. The summed E-state index contributed by atoms with van der Waals surface area (Å²) in [5, 5.41) is 1.81. The smallest absolute Gasteiger partial charge is 0.169 e. The van der Waals surface area contributed by atoms with E-state index in [0.717, 1.165) is 11.8 Å². The van der Waals surface area contributed by atoms with Gasteiger partial charge in [0.25, 0.3) is 0 Å². The van der Waals surface area contributed by atoms with Crippen LogP contribution in [0.2, 0.25) is 0 Å². The SMILES string of the molecule is CC(=O)c1cc(C#CCC=O)cs1. The molecule has 66 valence electrons. The maximum Gasteiger partial charge on any atom is 0.169 e. The summed E-state index contributed by atoms with van der Waals surface area (Å²) < 4.78 is 0. The zero-order valence-corrected chi connectivity index (χ0v) is 7.98. The van der Waals surface area contributed by atoms with Crippen molar-refractivity contribution in [2.45, 2.75) is 13.3 Å². The van der Waals surface area contributed by atoms with Crippen molar-refractivity contribution in [2.75, 3.05) is 0 Å². The van der Waals surface area contributed by atoms with Gasteiger partial charge in [-0.15, -0.1) is 11.3 Å². The van der Waals surface area contributed by atoms with Gasteiger partial charge in [0, 0.05) is 10.9 Å². The third-order valence-electron chi connectivity index (χ3n) is 1.36. The fraction of sp³-hybridized carbons (Fsp3) is 0.200. The van der Waals surface area contributed by atoms with Gasteiger partial charge in [-0.25, -0.2) is 0 Å². The van der Waals surface area contributed by atoms with E-state index in [4.69, 9.17) is 0 Å². The Kier molecular flexibility index (Phi) is 3.41. The lowest BCUT2D eigenvalue weighted by Gasteiger charge is -1.81. The summed E-state index contributed by atoms with van der Waals surface area (Å²) in [4.78, 5) is 21.6. The lowest BCUT2D eigenvalue weighted by atomic mass is 10.2. The molecule has 1 aromatic rings. The molecule has 0 atom stereocenters. The zero-order valence-electron chi connectivity index (χ0n) is 7.16. The highest BCUT2D eigenvalue weighted by molar-refractivity contribution is 7.12. The molecule has 0 aliphatic carbocycles. The minimum atomic E-state index is 0.0495. The minimum absolute atomic E-state index is 0.0495. The van der Waals surface area contributed by atoms with Crippen molar-refractivity contribution in [2.24, 2.45) is 0 Å². The molecule has 0 spiro atoms. The van der Waals surface area contributed by atoms with Gasteiger partial charge in [0.05, 0.1) is 11.3 Å². The summed E-state index contributed by atoms with van der Waals surface area (Å²) in [6, 6.07) is 1.74. The highest BCUT2D eigenvalue weighted by Crippen LogP contribution is 2.13. The summed E-state index contributed by atoms with van der Waals surface area (Å²) in [7, 11) is 0. The predicted octanol–water partition coefficient (Wildman–Crippen LogP) is 1.89. The zero-order chi connectivity index (χ0) is 9.68. The molecule has 0 fully saturated rings. The maximum atomic E-state index is 10.9. The van der Waals surface area contributed by atoms with Crippen LogP contribution in [0.25, 0.3) is 0 Å². The quantitative estimate of drug-likeness (QED) is 0.407. The molecule has 13 heavy (non-hydrogen) atoms. The van der Waals surface area contributed by atoms with Crippen LogP contribution in [0.4, 0.5) is 0 Å². The number of carbonyl (C=O) groups excluding carboxylic acids is 2. The molecule has 0 radical (unpaired) electrons. The standard InChI is InChI=1S/C10H8O2S/c1-8(12)10-6-9(7-13-10)4-2-3-5-11/h5-7H,3H2,1H3. The van der Waals surface area contributed by atoms with E-state index in [0.29, 0.717) is 4.88 Å². The van der Waals surface area contributed by atoms with Crippen LogP contribution < -0.4 is 0 Å². The van der Waals surface area contributed by atoms with E-state index in [-0.39, 0.29) is 12.2 Å². The summed E-state index contributed by atoms with van der Waals surface area (Å²) >= 11 is 1.38. The lowest BCUT2D eigenvalue weighted by Crippen LogP contribution is -1.84. The lowest BCUT2D eigenvalue weighted by molar-refractivity contribution is -0.107. The summed E-state index contributed by atoms with van der Waals surface area (Å²) in [5.41, 5.74) is 0.803. The number of carbonyl (C=O) groups is 2. The summed E-state index contributed by atoms with van der Waals surface area (Å²) in [6.07, 6.45) is 0.997. The van der Waals surface area contributed by atoms with Gasteiger partial charge in [-0.05, 0) is 13.0 Å². The molecule has 1 rings (SSSR count). The first-order valence-electron chi connectivity index (χ1n) is 3.76. The topological polar surface area (TPSA) is 34.1 Å². The Hall–Kier alpha value is -1.40. The molecule has 2 nitrogen and oxygen atoms in total. The number of aldehydes is 1. The van der Waals surface area contributed by atoms with Crippen LogP contribution in [0.3, 0.4) is 0 Å². The van der Waals surface area contributed by atoms with Crippen molar-refractivity contribution in [3.63, 3.8) is 0 Å². The number of hydrogen-bond acceptors (Lipinski definition) is 3. The average molecular weight is 192 g/mol. The Balaban J connectivity index is 2.76. The average Bonchev–Trinajstić information content (AvgIpc) is 2.53. The third kappa shape index (κ3) is 2.85. The molecule has 0 amide bonds. The minimum Gasteiger partial charge on any atom is -0.302 e. The summed E-state index contributed by atoms with van der Waals surface area (Å²) in [5.74, 6) is 5.53. The molecule has 3 heteroatoms. The van der Waals surface area contributed by atoms with Crippen molar-refractivity contribution in [3.8, 4) is 11.8 Å². The molecule has 0 unspecified atom stereocenters. The van der Waals surface area contributed by atoms with Crippen LogP contribution in [0.1, 0.15) is 28.6 Å². The first-order valence-corrected chi connectivity index (χ1v) is 4.64. The van der Waals surface area contributed by atoms with Gasteiger partial charge in [0.2, 0.25) is 0 Å². The number of rotatable bonds is 2. The monoisotopic (exact) mass is 192 g/mol. The molecule has 0 saturated carbocycles. The second kappa shape index (κ2) is 4.58. The Morgan fingerprint density at radius 1 is 1.69 bits per heavy atom. The summed E-state index contributed by atoms with van der Waals surface area (Å²) in [6.45, 7) is 1.52. The molecule has 0 bridgehead atoms. The van der Waals surface area contributed by atoms with Gasteiger partial charge in [-0.2, -0.15) is 0 Å². The molecule has 0 aliphatic heterocycles. The van der Waals surface area contributed by atoms with Crippen molar-refractivity contribution >= 4 is 23.4 Å². The maximum absolute atomic E-state index is 10.9. The van der Waals surface area contributed by atoms with Gasteiger partial charge in [0.1, 0.15) is 6.29 Å². The Morgan fingerprint density at radius 3 is 3.00 bits per heavy atom. The third-order valence-corrected chi connectivity index (χ3v) is 2.40. The van der Waals surface area contributed by atoms with E-state index < -0.39 is 0 Å². The first kappa shape index (κ1) is 9.69. The number of ketones is 1. The van der Waals surface area contributed by atoms with E-state index >= 15 is 0 Å². The Labute approximate surface area is 80.6 Å². The molecule has 0 aromatic carbocycles. The molecular formula is C10H8O2S.